The van der Waals surface area contributed by atoms with E-state index in [0.29, 0.717) is 6.42 Å². The molecule has 0 aliphatic rings. The summed E-state index contributed by atoms with van der Waals surface area (Å²) in [7, 11) is 0. The number of halogens is 4. The highest BCUT2D eigenvalue weighted by Crippen LogP contribution is 2.21. The molecule has 0 saturated heterocycles. The van der Waals surface area contributed by atoms with Gasteiger partial charge in [-0.25, -0.2) is 4.39 Å². The highest BCUT2D eigenvalue weighted by molar-refractivity contribution is 6.34. The van der Waals surface area contributed by atoms with Crippen LogP contribution >= 0.6 is 34.8 Å². The molecule has 1 aromatic carbocycles. The third kappa shape index (κ3) is 3.28. The fourth-order valence-corrected chi connectivity index (χ4v) is 2.44. The van der Waals surface area contributed by atoms with Crippen LogP contribution in [0.4, 0.5) is 4.39 Å². The molecule has 18 heavy (non-hydrogen) atoms. The zero-order valence-electron chi connectivity index (χ0n) is 9.77. The summed E-state index contributed by atoms with van der Waals surface area (Å²) >= 11 is 17.4. The van der Waals surface area contributed by atoms with Crippen molar-refractivity contribution >= 4 is 40.7 Å². The summed E-state index contributed by atoms with van der Waals surface area (Å²) in [5, 5.41) is 2.71. The van der Waals surface area contributed by atoms with E-state index in [2.05, 4.69) is 5.32 Å². The molecule has 0 unspecified atom stereocenters. The van der Waals surface area contributed by atoms with Gasteiger partial charge in [0.25, 0.3) is 5.91 Å². The Kier molecular flexibility index (Phi) is 5.70. The number of alkyl halides is 2. The molecule has 0 heterocycles. The van der Waals surface area contributed by atoms with Crippen LogP contribution in [-0.2, 0) is 0 Å². The summed E-state index contributed by atoms with van der Waals surface area (Å²) in [6.45, 7) is 1.84. The Balaban J connectivity index is 3.02. The zero-order chi connectivity index (χ0) is 13.8. The summed E-state index contributed by atoms with van der Waals surface area (Å²) in [5.74, 6) is -0.995. The van der Waals surface area contributed by atoms with Crippen molar-refractivity contribution in [3.05, 3.63) is 34.6 Å². The van der Waals surface area contributed by atoms with Crippen LogP contribution in [0, 0.1) is 5.82 Å². The Labute approximate surface area is 120 Å². The molecule has 0 radical (unpaired) electrons. The molecule has 0 aromatic heterocycles. The molecule has 0 aliphatic carbocycles. The predicted octanol–water partition coefficient (Wildman–Crippen LogP) is 3.84. The van der Waals surface area contributed by atoms with E-state index in [-0.39, 0.29) is 22.3 Å². The molecule has 0 aliphatic heterocycles. The molecule has 0 atom stereocenters. The van der Waals surface area contributed by atoms with E-state index < -0.39 is 17.3 Å². The molecule has 6 heteroatoms. The van der Waals surface area contributed by atoms with Gasteiger partial charge < -0.3 is 5.32 Å². The van der Waals surface area contributed by atoms with E-state index in [1.54, 1.807) is 0 Å². The van der Waals surface area contributed by atoms with Gasteiger partial charge in [-0.3, -0.25) is 4.79 Å². The first-order valence-electron chi connectivity index (χ1n) is 5.38. The van der Waals surface area contributed by atoms with Crippen LogP contribution in [0.15, 0.2) is 18.2 Å². The smallest absolute Gasteiger partial charge is 0.256 e. The maximum atomic E-state index is 13.6. The molecule has 100 valence electrons. The Bertz CT molecular complexity index is 407. The quantitative estimate of drug-likeness (QED) is 0.822. The minimum Gasteiger partial charge on any atom is -0.344 e. The second-order valence-corrected chi connectivity index (χ2v) is 4.89. The van der Waals surface area contributed by atoms with Crippen molar-refractivity contribution < 1.29 is 9.18 Å². The SMILES string of the molecule is CCC(CCl)(CCl)NC(=O)c1c(F)cccc1Cl. The molecular formula is C12H13Cl3FNO. The van der Waals surface area contributed by atoms with Crippen molar-refractivity contribution in [2.24, 2.45) is 0 Å². The zero-order valence-corrected chi connectivity index (χ0v) is 12.0. The van der Waals surface area contributed by atoms with Crippen LogP contribution in [0.1, 0.15) is 23.7 Å². The van der Waals surface area contributed by atoms with Crippen molar-refractivity contribution in [1.82, 2.24) is 5.32 Å². The standard InChI is InChI=1S/C12H13Cl3FNO/c1-2-12(6-13,7-14)17-11(18)10-8(15)4-3-5-9(10)16/h3-5H,2,6-7H2,1H3,(H,17,18). The molecule has 1 N–H and O–H groups in total. The minimum atomic E-state index is -0.758. The molecular weight excluding hydrogens is 299 g/mol. The number of carbonyl (C=O) groups is 1. The second kappa shape index (κ2) is 6.60. The summed E-state index contributed by atoms with van der Waals surface area (Å²) in [6, 6.07) is 4.06. The monoisotopic (exact) mass is 311 g/mol. The molecule has 1 aromatic rings. The van der Waals surface area contributed by atoms with Gasteiger partial charge in [0.15, 0.2) is 0 Å². The fourth-order valence-electron chi connectivity index (χ4n) is 1.40. The Hall–Kier alpha value is -0.510. The first-order valence-corrected chi connectivity index (χ1v) is 6.83. The maximum absolute atomic E-state index is 13.6. The Morgan fingerprint density at radius 3 is 2.44 bits per heavy atom. The Morgan fingerprint density at radius 1 is 1.39 bits per heavy atom. The normalized spacial score (nSPS) is 11.4. The first-order chi connectivity index (χ1) is 8.49. The predicted molar refractivity (Wildman–Crippen MR) is 73.3 cm³/mol. The molecule has 0 fully saturated rings. The maximum Gasteiger partial charge on any atom is 0.256 e. The van der Waals surface area contributed by atoms with Gasteiger partial charge in [-0.05, 0) is 18.6 Å². The van der Waals surface area contributed by atoms with Crippen molar-refractivity contribution in [2.45, 2.75) is 18.9 Å². The topological polar surface area (TPSA) is 29.1 Å². The van der Waals surface area contributed by atoms with Crippen LogP contribution in [0.2, 0.25) is 5.02 Å². The van der Waals surface area contributed by atoms with Gasteiger partial charge in [-0.1, -0.05) is 24.6 Å². The molecule has 0 saturated carbocycles. The van der Waals surface area contributed by atoms with Gasteiger partial charge in [0, 0.05) is 11.8 Å². The van der Waals surface area contributed by atoms with Gasteiger partial charge in [0.05, 0.1) is 16.1 Å². The molecule has 1 amide bonds. The van der Waals surface area contributed by atoms with Crippen molar-refractivity contribution in [2.75, 3.05) is 11.8 Å². The number of hydrogen-bond donors (Lipinski definition) is 1. The third-order valence-electron chi connectivity index (χ3n) is 2.76. The number of carbonyl (C=O) groups excluding carboxylic acids is 1. The van der Waals surface area contributed by atoms with Gasteiger partial charge in [0.2, 0.25) is 0 Å². The number of benzene rings is 1. The molecule has 0 bridgehead atoms. The van der Waals surface area contributed by atoms with E-state index in [0.717, 1.165) is 0 Å². The fraction of sp³-hybridized carbons (Fsp3) is 0.417. The van der Waals surface area contributed by atoms with Crippen molar-refractivity contribution in [3.63, 3.8) is 0 Å². The van der Waals surface area contributed by atoms with Gasteiger partial charge >= 0.3 is 0 Å². The van der Waals surface area contributed by atoms with Crippen LogP contribution in [0.5, 0.6) is 0 Å². The largest absolute Gasteiger partial charge is 0.344 e. The van der Waals surface area contributed by atoms with E-state index in [1.165, 1.54) is 18.2 Å². The van der Waals surface area contributed by atoms with Gasteiger partial charge in [0.1, 0.15) is 5.82 Å². The second-order valence-electron chi connectivity index (χ2n) is 3.95. The summed E-state index contributed by atoms with van der Waals surface area (Å²) in [4.78, 5) is 12.0. The van der Waals surface area contributed by atoms with Crippen molar-refractivity contribution in [1.29, 1.82) is 0 Å². The molecule has 2 nitrogen and oxygen atoms in total. The van der Waals surface area contributed by atoms with E-state index >= 15 is 0 Å². The number of hydrogen-bond acceptors (Lipinski definition) is 1. The van der Waals surface area contributed by atoms with Gasteiger partial charge in [-0.15, -0.1) is 23.2 Å². The van der Waals surface area contributed by atoms with Crippen molar-refractivity contribution in [3.8, 4) is 0 Å². The van der Waals surface area contributed by atoms with Crippen LogP contribution in [0.3, 0.4) is 0 Å². The average Bonchev–Trinajstić information content (AvgIpc) is 2.36. The van der Waals surface area contributed by atoms with Crippen LogP contribution < -0.4 is 5.32 Å². The van der Waals surface area contributed by atoms with E-state index in [9.17, 15) is 9.18 Å². The average molecular weight is 313 g/mol. The summed E-state index contributed by atoms with van der Waals surface area (Å²) in [5.41, 5.74) is -0.946. The minimum absolute atomic E-state index is 0.0571. The number of nitrogens with one attached hydrogen (secondary N) is 1. The lowest BCUT2D eigenvalue weighted by Crippen LogP contribution is -2.51. The van der Waals surface area contributed by atoms with Crippen LogP contribution in [-0.4, -0.2) is 23.2 Å². The van der Waals surface area contributed by atoms with E-state index in [1.807, 2.05) is 6.92 Å². The van der Waals surface area contributed by atoms with E-state index in [4.69, 9.17) is 34.8 Å². The third-order valence-corrected chi connectivity index (χ3v) is 4.10. The first kappa shape index (κ1) is 15.5. The summed E-state index contributed by atoms with van der Waals surface area (Å²) < 4.78 is 13.6. The Morgan fingerprint density at radius 2 is 2.00 bits per heavy atom. The number of rotatable bonds is 5. The lowest BCUT2D eigenvalue weighted by Gasteiger charge is -2.29. The molecule has 0 spiro atoms. The summed E-state index contributed by atoms with van der Waals surface area (Å²) in [6.07, 6.45) is 0.539. The highest BCUT2D eigenvalue weighted by Gasteiger charge is 2.30. The number of amides is 1. The lowest BCUT2D eigenvalue weighted by atomic mass is 10.0. The molecule has 1 rings (SSSR count). The van der Waals surface area contributed by atoms with Crippen LogP contribution in [0.25, 0.3) is 0 Å². The lowest BCUT2D eigenvalue weighted by molar-refractivity contribution is 0.0909. The van der Waals surface area contributed by atoms with Gasteiger partial charge in [-0.2, -0.15) is 0 Å². The highest BCUT2D eigenvalue weighted by atomic mass is 35.5.